The number of hydrogen-bond acceptors (Lipinski definition) is 2. The molecule has 1 aliphatic heterocycles. The highest BCUT2D eigenvalue weighted by molar-refractivity contribution is 6.20. The van der Waals surface area contributed by atoms with E-state index in [1.807, 2.05) is 48.5 Å². The molecule has 0 aromatic heterocycles. The minimum absolute atomic E-state index is 0.759. The fourth-order valence-electron chi connectivity index (χ4n) is 3.77. The molecule has 0 saturated heterocycles. The number of amidine groups is 2. The number of para-hydroxylation sites is 2. The van der Waals surface area contributed by atoms with Gasteiger partial charge in [-0.1, -0.05) is 86.0 Å². The van der Waals surface area contributed by atoms with Crippen molar-refractivity contribution in [2.75, 3.05) is 23.9 Å². The molecule has 0 bridgehead atoms. The Morgan fingerprint density at radius 3 is 1.23 bits per heavy atom. The predicted octanol–water partition coefficient (Wildman–Crippen LogP) is 5.49. The summed E-state index contributed by atoms with van der Waals surface area (Å²) >= 11 is 0. The van der Waals surface area contributed by atoms with Crippen molar-refractivity contribution in [1.29, 1.82) is 0 Å². The number of hydrogen-bond donors (Lipinski definition) is 0. The molecule has 0 atom stereocenters. The largest absolute Gasteiger partial charge is 0.291 e. The molecule has 1 aliphatic rings. The van der Waals surface area contributed by atoms with Gasteiger partial charge in [0.25, 0.3) is 0 Å². The fourth-order valence-corrected chi connectivity index (χ4v) is 3.77. The molecular formula is C26H24N4. The zero-order valence-electron chi connectivity index (χ0n) is 17.3. The highest BCUT2D eigenvalue weighted by atomic mass is 15.3. The molecule has 3 aromatic rings. The summed E-state index contributed by atoms with van der Waals surface area (Å²) in [6, 6.07) is 28.5. The number of aliphatic imine (C=N–C) groups is 2. The molecule has 4 rings (SSSR count). The van der Waals surface area contributed by atoms with E-state index in [9.17, 15) is 0 Å². The van der Waals surface area contributed by atoms with Crippen molar-refractivity contribution in [3.8, 4) is 0 Å². The second kappa shape index (κ2) is 8.21. The highest BCUT2D eigenvalue weighted by Crippen LogP contribution is 2.42. The van der Waals surface area contributed by atoms with E-state index in [1.54, 1.807) is 14.1 Å². The second-order valence-electron chi connectivity index (χ2n) is 6.88. The van der Waals surface area contributed by atoms with Gasteiger partial charge < -0.3 is 0 Å². The lowest BCUT2D eigenvalue weighted by Crippen LogP contribution is -2.43. The van der Waals surface area contributed by atoms with Crippen LogP contribution in [0.3, 0.4) is 0 Å². The van der Waals surface area contributed by atoms with Crippen molar-refractivity contribution in [3.63, 3.8) is 0 Å². The van der Waals surface area contributed by atoms with Crippen molar-refractivity contribution in [2.24, 2.45) is 9.98 Å². The van der Waals surface area contributed by atoms with Crippen LogP contribution in [0.2, 0.25) is 0 Å². The molecule has 0 unspecified atom stereocenters. The molecule has 0 amide bonds. The summed E-state index contributed by atoms with van der Waals surface area (Å²) in [6.45, 7) is 8.76. The monoisotopic (exact) mass is 392 g/mol. The van der Waals surface area contributed by atoms with E-state index >= 15 is 0 Å². The highest BCUT2D eigenvalue weighted by Gasteiger charge is 2.34. The molecular weight excluding hydrogens is 368 g/mol. The molecule has 4 nitrogen and oxygen atoms in total. The summed E-state index contributed by atoms with van der Waals surface area (Å²) in [5.41, 5.74) is 5.52. The Balaban J connectivity index is 1.89. The molecule has 0 aliphatic carbocycles. The first-order chi connectivity index (χ1) is 14.7. The zero-order chi connectivity index (χ0) is 21.1. The zero-order valence-corrected chi connectivity index (χ0v) is 17.3. The Bertz CT molecular complexity index is 1050. The van der Waals surface area contributed by atoms with Crippen LogP contribution in [0.1, 0.15) is 11.1 Å². The predicted molar refractivity (Wildman–Crippen MR) is 127 cm³/mol. The lowest BCUT2D eigenvalue weighted by Gasteiger charge is -2.42. The molecule has 148 valence electrons. The minimum Gasteiger partial charge on any atom is -0.291 e. The van der Waals surface area contributed by atoms with Crippen LogP contribution in [0.4, 0.5) is 11.4 Å². The van der Waals surface area contributed by atoms with Gasteiger partial charge in [0.1, 0.15) is 11.7 Å². The fraction of sp³-hybridized carbons (Fsp3) is 0.0769. The van der Waals surface area contributed by atoms with Gasteiger partial charge in [0.2, 0.25) is 0 Å². The van der Waals surface area contributed by atoms with Gasteiger partial charge in [-0.15, -0.1) is 0 Å². The van der Waals surface area contributed by atoms with Crippen molar-refractivity contribution in [3.05, 3.63) is 121 Å². The number of fused-ring (bicyclic) bond motifs is 1. The number of nitrogens with zero attached hydrogens (tertiary/aromatic N) is 4. The smallest absolute Gasteiger partial charge is 0.139 e. The molecule has 1 heterocycles. The molecule has 0 N–H and O–H groups in total. The summed E-state index contributed by atoms with van der Waals surface area (Å²) in [5.74, 6) is 1.65. The third-order valence-corrected chi connectivity index (χ3v) is 5.15. The van der Waals surface area contributed by atoms with Gasteiger partial charge in [0, 0.05) is 25.2 Å². The summed E-state index contributed by atoms with van der Waals surface area (Å²) in [7, 11) is 3.60. The molecule has 0 fully saturated rings. The molecule has 3 aromatic carbocycles. The topological polar surface area (TPSA) is 31.2 Å². The van der Waals surface area contributed by atoms with Gasteiger partial charge in [-0.3, -0.25) is 19.8 Å². The van der Waals surface area contributed by atoms with E-state index in [0.717, 1.165) is 45.6 Å². The first-order valence-electron chi connectivity index (χ1n) is 9.79. The standard InChI is InChI=1S/C26H24N4/c1-19-20(2)30(26(28-4)22-15-9-6-10-16-22)24-18-12-11-17-23(24)29(19)25(27-3)21-13-7-5-8-14-21/h5-18H,1-2H2,3-4H3. The van der Waals surface area contributed by atoms with E-state index in [1.165, 1.54) is 0 Å². The van der Waals surface area contributed by atoms with Gasteiger partial charge in [0.05, 0.1) is 22.8 Å². The van der Waals surface area contributed by atoms with Crippen LogP contribution in [0.15, 0.2) is 119 Å². The molecule has 4 heteroatoms. The van der Waals surface area contributed by atoms with Crippen LogP contribution >= 0.6 is 0 Å². The van der Waals surface area contributed by atoms with Crippen LogP contribution in [0.25, 0.3) is 0 Å². The maximum absolute atomic E-state index is 4.61. The van der Waals surface area contributed by atoms with Crippen LogP contribution in [0, 0.1) is 0 Å². The van der Waals surface area contributed by atoms with Crippen molar-refractivity contribution < 1.29 is 0 Å². The Labute approximate surface area is 177 Å². The van der Waals surface area contributed by atoms with Gasteiger partial charge in [0.15, 0.2) is 0 Å². The van der Waals surface area contributed by atoms with E-state index in [4.69, 9.17) is 0 Å². The van der Waals surface area contributed by atoms with E-state index in [2.05, 4.69) is 69.3 Å². The first kappa shape index (κ1) is 19.4. The van der Waals surface area contributed by atoms with Crippen LogP contribution < -0.4 is 9.80 Å². The molecule has 0 saturated carbocycles. The summed E-state index contributed by atoms with van der Waals surface area (Å²) in [4.78, 5) is 13.4. The summed E-state index contributed by atoms with van der Waals surface area (Å²) in [6.07, 6.45) is 0. The molecule has 0 spiro atoms. The third kappa shape index (κ3) is 3.22. The average Bonchev–Trinajstić information content (AvgIpc) is 2.80. The molecule has 0 radical (unpaired) electrons. The molecule has 30 heavy (non-hydrogen) atoms. The lowest BCUT2D eigenvalue weighted by atomic mass is 10.0. The number of benzene rings is 3. The third-order valence-electron chi connectivity index (χ3n) is 5.15. The second-order valence-corrected chi connectivity index (χ2v) is 6.88. The van der Waals surface area contributed by atoms with Crippen molar-refractivity contribution in [2.45, 2.75) is 0 Å². The number of rotatable bonds is 2. The van der Waals surface area contributed by atoms with Crippen molar-refractivity contribution >= 4 is 23.0 Å². The van der Waals surface area contributed by atoms with Crippen LogP contribution in [-0.4, -0.2) is 25.8 Å². The van der Waals surface area contributed by atoms with E-state index < -0.39 is 0 Å². The average molecular weight is 393 g/mol. The van der Waals surface area contributed by atoms with Crippen molar-refractivity contribution in [1.82, 2.24) is 0 Å². The quantitative estimate of drug-likeness (QED) is 0.426. The Kier molecular flexibility index (Phi) is 5.31. The normalized spacial score (nSPS) is 14.7. The Hall–Kier alpha value is -3.92. The summed E-state index contributed by atoms with van der Waals surface area (Å²) in [5, 5.41) is 0. The summed E-state index contributed by atoms with van der Waals surface area (Å²) < 4.78 is 0. The van der Waals surface area contributed by atoms with Gasteiger partial charge in [-0.2, -0.15) is 0 Å². The van der Waals surface area contributed by atoms with Gasteiger partial charge in [-0.25, -0.2) is 0 Å². The minimum atomic E-state index is 0.759. The maximum Gasteiger partial charge on any atom is 0.139 e. The Morgan fingerprint density at radius 2 is 0.900 bits per heavy atom. The van der Waals surface area contributed by atoms with Gasteiger partial charge >= 0.3 is 0 Å². The van der Waals surface area contributed by atoms with E-state index in [0.29, 0.717) is 0 Å². The van der Waals surface area contributed by atoms with Crippen LogP contribution in [-0.2, 0) is 0 Å². The number of anilines is 2. The maximum atomic E-state index is 4.61. The van der Waals surface area contributed by atoms with E-state index in [-0.39, 0.29) is 0 Å². The first-order valence-corrected chi connectivity index (χ1v) is 9.79. The van der Waals surface area contributed by atoms with Gasteiger partial charge in [-0.05, 0) is 12.1 Å². The lowest BCUT2D eigenvalue weighted by molar-refractivity contribution is 1.08. The van der Waals surface area contributed by atoms with Crippen LogP contribution in [0.5, 0.6) is 0 Å². The SMILES string of the molecule is C=C1C(=C)N(C(=NC)c2ccccc2)c2ccccc2N1C(=NC)c1ccccc1. The Morgan fingerprint density at radius 1 is 0.567 bits per heavy atom.